The molecule has 0 spiro atoms. The molecule has 88 valence electrons. The summed E-state index contributed by atoms with van der Waals surface area (Å²) in [7, 11) is 0. The summed E-state index contributed by atoms with van der Waals surface area (Å²) in [6.45, 7) is 5.02. The summed E-state index contributed by atoms with van der Waals surface area (Å²) in [5.74, 6) is 0. The van der Waals surface area contributed by atoms with Gasteiger partial charge in [-0.1, -0.05) is 40.9 Å². The molecule has 0 saturated carbocycles. The number of anilines is 1. The lowest BCUT2D eigenvalue weighted by Gasteiger charge is -2.08. The minimum absolute atomic E-state index is 0.510. The van der Waals surface area contributed by atoms with E-state index in [0.29, 0.717) is 5.15 Å². The molecule has 1 aromatic carbocycles. The third-order valence-electron chi connectivity index (χ3n) is 2.50. The second-order valence-electron chi connectivity index (χ2n) is 4.22. The molecule has 1 N–H and O–H groups in total. The van der Waals surface area contributed by atoms with Crippen molar-refractivity contribution in [3.8, 4) is 0 Å². The first-order chi connectivity index (χ1) is 8.13. The molecule has 0 bridgehead atoms. The smallest absolute Gasteiger partial charge is 0.131 e. The number of hydrogen-bond acceptors (Lipinski definition) is 2. The normalized spacial score (nSPS) is 10.3. The van der Waals surface area contributed by atoms with Gasteiger partial charge in [0, 0.05) is 18.4 Å². The minimum Gasteiger partial charge on any atom is -0.381 e. The van der Waals surface area contributed by atoms with E-state index in [4.69, 9.17) is 11.6 Å². The van der Waals surface area contributed by atoms with E-state index in [9.17, 15) is 0 Å². The Morgan fingerprint density at radius 2 is 1.82 bits per heavy atom. The number of rotatable bonds is 3. The highest BCUT2D eigenvalue weighted by atomic mass is 35.5. The molecule has 2 rings (SSSR count). The summed E-state index contributed by atoms with van der Waals surface area (Å²) in [5, 5.41) is 3.84. The van der Waals surface area contributed by atoms with Crippen molar-refractivity contribution in [2.24, 2.45) is 0 Å². The minimum atomic E-state index is 0.510. The molecule has 2 nitrogen and oxygen atoms in total. The van der Waals surface area contributed by atoms with Crippen LogP contribution in [0.4, 0.5) is 5.69 Å². The van der Waals surface area contributed by atoms with E-state index in [1.807, 2.05) is 12.1 Å². The molecule has 0 atom stereocenters. The number of aromatic nitrogens is 1. The van der Waals surface area contributed by atoms with Crippen molar-refractivity contribution >= 4 is 17.3 Å². The van der Waals surface area contributed by atoms with E-state index in [1.54, 1.807) is 6.20 Å². The van der Waals surface area contributed by atoms with Crippen LogP contribution in [0.3, 0.4) is 0 Å². The Morgan fingerprint density at radius 3 is 2.47 bits per heavy atom. The molecule has 3 heteroatoms. The van der Waals surface area contributed by atoms with Crippen LogP contribution >= 0.6 is 11.6 Å². The average molecular weight is 247 g/mol. The lowest BCUT2D eigenvalue weighted by molar-refractivity contribution is 1.13. The van der Waals surface area contributed by atoms with Crippen LogP contribution in [0.5, 0.6) is 0 Å². The maximum absolute atomic E-state index is 5.83. The van der Waals surface area contributed by atoms with Gasteiger partial charge in [0.15, 0.2) is 0 Å². The molecule has 2 aromatic rings. The van der Waals surface area contributed by atoms with Crippen molar-refractivity contribution in [3.05, 3.63) is 58.4 Å². The van der Waals surface area contributed by atoms with Crippen LogP contribution in [0.1, 0.15) is 16.7 Å². The van der Waals surface area contributed by atoms with Gasteiger partial charge in [-0.2, -0.15) is 0 Å². The van der Waals surface area contributed by atoms with Gasteiger partial charge in [0.2, 0.25) is 0 Å². The maximum atomic E-state index is 5.83. The van der Waals surface area contributed by atoms with Crippen LogP contribution in [-0.4, -0.2) is 4.98 Å². The predicted molar refractivity (Wildman–Crippen MR) is 72.5 cm³/mol. The van der Waals surface area contributed by atoms with Gasteiger partial charge in [0.05, 0.1) is 0 Å². The maximum Gasteiger partial charge on any atom is 0.131 e. The molecule has 17 heavy (non-hydrogen) atoms. The molecule has 0 unspecified atom stereocenters. The second-order valence-corrected chi connectivity index (χ2v) is 4.60. The van der Waals surface area contributed by atoms with Crippen molar-refractivity contribution in [1.82, 2.24) is 4.98 Å². The van der Waals surface area contributed by atoms with Gasteiger partial charge in [-0.15, -0.1) is 0 Å². The first-order valence-corrected chi connectivity index (χ1v) is 5.94. The van der Waals surface area contributed by atoms with E-state index < -0.39 is 0 Å². The van der Waals surface area contributed by atoms with E-state index in [-0.39, 0.29) is 0 Å². The quantitative estimate of drug-likeness (QED) is 0.829. The van der Waals surface area contributed by atoms with E-state index in [0.717, 1.165) is 12.2 Å². The number of pyridine rings is 1. The molecule has 1 heterocycles. The Morgan fingerprint density at radius 1 is 1.12 bits per heavy atom. The zero-order valence-corrected chi connectivity index (χ0v) is 10.8. The van der Waals surface area contributed by atoms with Crippen LogP contribution < -0.4 is 5.32 Å². The van der Waals surface area contributed by atoms with Gasteiger partial charge in [0.1, 0.15) is 5.15 Å². The lowest BCUT2D eigenvalue weighted by Crippen LogP contribution is -2.00. The van der Waals surface area contributed by atoms with Gasteiger partial charge in [-0.25, -0.2) is 4.98 Å². The van der Waals surface area contributed by atoms with E-state index in [2.05, 4.69) is 42.3 Å². The SMILES string of the molecule is Cc1cc(C)cc(CNc2ccnc(Cl)c2)c1. The van der Waals surface area contributed by atoms with Gasteiger partial charge < -0.3 is 5.32 Å². The first kappa shape index (κ1) is 11.9. The topological polar surface area (TPSA) is 24.9 Å². The number of hydrogen-bond donors (Lipinski definition) is 1. The Balaban J connectivity index is 2.07. The fraction of sp³-hybridized carbons (Fsp3) is 0.214. The van der Waals surface area contributed by atoms with Crippen LogP contribution in [0.25, 0.3) is 0 Å². The van der Waals surface area contributed by atoms with Crippen molar-refractivity contribution in [2.75, 3.05) is 5.32 Å². The van der Waals surface area contributed by atoms with Gasteiger partial charge >= 0.3 is 0 Å². The van der Waals surface area contributed by atoms with Gasteiger partial charge in [0.25, 0.3) is 0 Å². The van der Waals surface area contributed by atoms with Crippen LogP contribution in [0.2, 0.25) is 5.15 Å². The summed E-state index contributed by atoms with van der Waals surface area (Å²) in [6, 6.07) is 10.3. The molecule has 0 aliphatic carbocycles. The van der Waals surface area contributed by atoms with Gasteiger partial charge in [-0.3, -0.25) is 0 Å². The highest BCUT2D eigenvalue weighted by Crippen LogP contribution is 2.14. The lowest BCUT2D eigenvalue weighted by atomic mass is 10.1. The summed E-state index contributed by atoms with van der Waals surface area (Å²) in [6.07, 6.45) is 1.70. The molecule has 0 radical (unpaired) electrons. The fourth-order valence-corrected chi connectivity index (χ4v) is 2.06. The Kier molecular flexibility index (Phi) is 3.64. The Bertz CT molecular complexity index is 503. The standard InChI is InChI=1S/C14H15ClN2/c1-10-5-11(2)7-12(6-10)9-17-13-3-4-16-14(15)8-13/h3-8H,9H2,1-2H3,(H,16,17). The zero-order chi connectivity index (χ0) is 12.3. The highest BCUT2D eigenvalue weighted by Gasteiger charge is 1.97. The van der Waals surface area contributed by atoms with E-state index in [1.165, 1.54) is 16.7 Å². The number of halogens is 1. The monoisotopic (exact) mass is 246 g/mol. The third-order valence-corrected chi connectivity index (χ3v) is 2.71. The molecular formula is C14H15ClN2. The van der Waals surface area contributed by atoms with Crippen LogP contribution in [-0.2, 0) is 6.54 Å². The molecule has 0 saturated heterocycles. The fourth-order valence-electron chi connectivity index (χ4n) is 1.89. The Labute approximate surface area is 107 Å². The molecule has 0 aliphatic rings. The molecule has 1 aromatic heterocycles. The summed E-state index contributed by atoms with van der Waals surface area (Å²) < 4.78 is 0. The largest absolute Gasteiger partial charge is 0.381 e. The third kappa shape index (κ3) is 3.46. The van der Waals surface area contributed by atoms with Crippen LogP contribution in [0, 0.1) is 13.8 Å². The summed E-state index contributed by atoms with van der Waals surface area (Å²) >= 11 is 5.83. The van der Waals surface area contributed by atoms with Gasteiger partial charge in [-0.05, 0) is 31.5 Å². The van der Waals surface area contributed by atoms with Crippen molar-refractivity contribution < 1.29 is 0 Å². The average Bonchev–Trinajstić information content (AvgIpc) is 2.25. The molecular weight excluding hydrogens is 232 g/mol. The highest BCUT2D eigenvalue weighted by molar-refractivity contribution is 6.29. The Hall–Kier alpha value is -1.54. The number of nitrogens with zero attached hydrogens (tertiary/aromatic N) is 1. The summed E-state index contributed by atoms with van der Waals surface area (Å²) in [5.41, 5.74) is 4.84. The molecule has 0 amide bonds. The number of nitrogens with one attached hydrogen (secondary N) is 1. The molecule has 0 fully saturated rings. The van der Waals surface area contributed by atoms with E-state index >= 15 is 0 Å². The zero-order valence-electron chi connectivity index (χ0n) is 10.00. The molecule has 0 aliphatic heterocycles. The predicted octanol–water partition coefficient (Wildman–Crippen LogP) is 3.96. The first-order valence-electron chi connectivity index (χ1n) is 5.56. The number of benzene rings is 1. The van der Waals surface area contributed by atoms with Crippen LogP contribution in [0.15, 0.2) is 36.5 Å². The van der Waals surface area contributed by atoms with Crippen molar-refractivity contribution in [3.63, 3.8) is 0 Å². The number of aryl methyl sites for hydroxylation is 2. The van der Waals surface area contributed by atoms with Crippen molar-refractivity contribution in [1.29, 1.82) is 0 Å². The summed E-state index contributed by atoms with van der Waals surface area (Å²) in [4.78, 5) is 3.95. The van der Waals surface area contributed by atoms with Crippen molar-refractivity contribution in [2.45, 2.75) is 20.4 Å². The second kappa shape index (κ2) is 5.19.